The van der Waals surface area contributed by atoms with Crippen LogP contribution in [-0.2, 0) is 9.53 Å². The van der Waals surface area contributed by atoms with Crippen LogP contribution in [0.3, 0.4) is 0 Å². The Labute approximate surface area is 143 Å². The molecule has 0 radical (unpaired) electrons. The van der Waals surface area contributed by atoms with E-state index in [2.05, 4.69) is 0 Å². The van der Waals surface area contributed by atoms with Gasteiger partial charge >= 0.3 is 5.97 Å². The highest BCUT2D eigenvalue weighted by atomic mass is 16.5. The zero-order chi connectivity index (χ0) is 17.4. The maximum atomic E-state index is 12.0. The molecular weight excluding hydrogens is 304 g/mol. The van der Waals surface area contributed by atoms with Crippen molar-refractivity contribution in [3.8, 4) is 6.07 Å². The van der Waals surface area contributed by atoms with Gasteiger partial charge in [-0.1, -0.05) is 31.4 Å². The number of rotatable bonds is 6. The Morgan fingerprint density at radius 1 is 1.21 bits per heavy atom. The average molecular weight is 328 g/mol. The number of likely N-dealkylation sites (N-methyl/N-ethyl adjacent to an activating group) is 1. The summed E-state index contributed by atoms with van der Waals surface area (Å²) in [7, 11) is 1.59. The first kappa shape index (κ1) is 18.0. The molecule has 1 aliphatic carbocycles. The Morgan fingerprint density at radius 2 is 1.88 bits per heavy atom. The van der Waals surface area contributed by atoms with Crippen molar-refractivity contribution in [2.45, 2.75) is 44.4 Å². The zero-order valence-electron chi connectivity index (χ0n) is 14.2. The van der Waals surface area contributed by atoms with Crippen molar-refractivity contribution in [1.29, 1.82) is 5.26 Å². The van der Waals surface area contributed by atoms with Crippen molar-refractivity contribution >= 4 is 11.9 Å². The van der Waals surface area contributed by atoms with Crippen molar-refractivity contribution in [1.82, 2.24) is 4.90 Å². The van der Waals surface area contributed by atoms with Crippen molar-refractivity contribution in [3.05, 3.63) is 35.4 Å². The van der Waals surface area contributed by atoms with Crippen LogP contribution in [0.4, 0.5) is 0 Å². The summed E-state index contributed by atoms with van der Waals surface area (Å²) in [4.78, 5) is 25.2. The molecule has 1 aromatic rings. The molecule has 1 aliphatic rings. The maximum absolute atomic E-state index is 12.0. The molecule has 0 bridgehead atoms. The third-order valence-electron chi connectivity index (χ3n) is 4.53. The maximum Gasteiger partial charge on any atom is 0.338 e. The van der Waals surface area contributed by atoms with Gasteiger partial charge in [0.2, 0.25) is 0 Å². The molecule has 1 aromatic carbocycles. The quantitative estimate of drug-likeness (QED) is 0.752. The lowest BCUT2D eigenvalue weighted by atomic mass is 9.84. The summed E-state index contributed by atoms with van der Waals surface area (Å²) < 4.78 is 5.06. The second-order valence-corrected chi connectivity index (χ2v) is 6.26. The summed E-state index contributed by atoms with van der Waals surface area (Å²) in [5, 5.41) is 8.51. The fourth-order valence-electron chi connectivity index (χ4n) is 2.99. The van der Waals surface area contributed by atoms with E-state index in [9.17, 15) is 9.59 Å². The molecule has 0 unspecified atom stereocenters. The molecule has 0 spiro atoms. The summed E-state index contributed by atoms with van der Waals surface area (Å²) in [6.07, 6.45) is 6.56. The molecule has 1 saturated carbocycles. The molecular formula is C19H24N2O3. The van der Waals surface area contributed by atoms with E-state index in [0.717, 1.165) is 0 Å². The van der Waals surface area contributed by atoms with E-state index in [1.54, 1.807) is 19.2 Å². The van der Waals surface area contributed by atoms with Crippen LogP contribution < -0.4 is 0 Å². The average Bonchev–Trinajstić information content (AvgIpc) is 2.64. The number of benzene rings is 1. The molecule has 128 valence electrons. The predicted molar refractivity (Wildman–Crippen MR) is 90.4 cm³/mol. The van der Waals surface area contributed by atoms with Crippen LogP contribution in [0.15, 0.2) is 24.3 Å². The van der Waals surface area contributed by atoms with Crippen LogP contribution in [0, 0.1) is 11.3 Å². The first-order chi connectivity index (χ1) is 11.6. The topological polar surface area (TPSA) is 70.4 Å². The molecule has 0 heterocycles. The Kier molecular flexibility index (Phi) is 6.80. The van der Waals surface area contributed by atoms with Crippen LogP contribution in [0.5, 0.6) is 0 Å². The first-order valence-electron chi connectivity index (χ1n) is 8.50. The van der Waals surface area contributed by atoms with Crippen LogP contribution >= 0.6 is 0 Å². The Hall–Kier alpha value is -2.35. The third-order valence-corrected chi connectivity index (χ3v) is 4.53. The fourth-order valence-corrected chi connectivity index (χ4v) is 2.99. The monoisotopic (exact) mass is 328 g/mol. The predicted octanol–water partition coefficient (Wildman–Crippen LogP) is 3.26. The molecule has 1 fully saturated rings. The number of carbonyl (C=O) groups excluding carboxylic acids is 2. The summed E-state index contributed by atoms with van der Waals surface area (Å²) in [6.45, 7) is 0.0358. The number of hydrogen-bond donors (Lipinski definition) is 0. The lowest BCUT2D eigenvalue weighted by Gasteiger charge is -2.22. The first-order valence-corrected chi connectivity index (χ1v) is 8.50. The molecule has 2 rings (SSSR count). The number of carbonyl (C=O) groups is 2. The highest BCUT2D eigenvalue weighted by Crippen LogP contribution is 2.32. The number of ether oxygens (including phenoxy) is 1. The van der Waals surface area contributed by atoms with Crippen LogP contribution in [-0.4, -0.2) is 37.0 Å². The van der Waals surface area contributed by atoms with Crippen molar-refractivity contribution in [2.24, 2.45) is 0 Å². The summed E-state index contributed by atoms with van der Waals surface area (Å²) >= 11 is 0. The van der Waals surface area contributed by atoms with Gasteiger partial charge < -0.3 is 9.64 Å². The van der Waals surface area contributed by atoms with E-state index < -0.39 is 5.97 Å². The number of hydrogen-bond acceptors (Lipinski definition) is 4. The third kappa shape index (κ3) is 5.09. The number of amides is 1. The second kappa shape index (κ2) is 9.07. The van der Waals surface area contributed by atoms with E-state index in [0.29, 0.717) is 18.0 Å². The van der Waals surface area contributed by atoms with Gasteiger partial charge in [0.05, 0.1) is 18.1 Å². The van der Waals surface area contributed by atoms with Crippen LogP contribution in [0.1, 0.15) is 60.4 Å². The summed E-state index contributed by atoms with van der Waals surface area (Å²) in [5.74, 6) is -0.205. The molecule has 5 nitrogen and oxygen atoms in total. The smallest absolute Gasteiger partial charge is 0.338 e. The van der Waals surface area contributed by atoms with Crippen molar-refractivity contribution < 1.29 is 14.3 Å². The van der Waals surface area contributed by atoms with Gasteiger partial charge in [0.25, 0.3) is 5.91 Å². The van der Waals surface area contributed by atoms with Gasteiger partial charge in [0.1, 0.15) is 0 Å². The molecule has 5 heteroatoms. The highest BCUT2D eigenvalue weighted by Gasteiger charge is 2.17. The highest BCUT2D eigenvalue weighted by molar-refractivity contribution is 5.91. The normalized spacial score (nSPS) is 14.7. The largest absolute Gasteiger partial charge is 0.452 e. The van der Waals surface area contributed by atoms with Gasteiger partial charge in [-0.3, -0.25) is 4.79 Å². The van der Waals surface area contributed by atoms with Crippen LogP contribution in [0.25, 0.3) is 0 Å². The number of esters is 1. The van der Waals surface area contributed by atoms with Crippen LogP contribution in [0.2, 0.25) is 0 Å². The van der Waals surface area contributed by atoms with Gasteiger partial charge in [-0.15, -0.1) is 0 Å². The molecule has 1 amide bonds. The molecule has 0 saturated heterocycles. The van der Waals surface area contributed by atoms with Gasteiger partial charge in [0.15, 0.2) is 6.61 Å². The van der Waals surface area contributed by atoms with Crippen molar-refractivity contribution in [3.63, 3.8) is 0 Å². The molecule has 0 aliphatic heterocycles. The van der Waals surface area contributed by atoms with E-state index in [-0.39, 0.29) is 18.9 Å². The van der Waals surface area contributed by atoms with Gasteiger partial charge in [-0.25, -0.2) is 4.79 Å². The fraction of sp³-hybridized carbons (Fsp3) is 0.526. The number of nitrogens with zero attached hydrogens (tertiary/aromatic N) is 2. The van der Waals surface area contributed by atoms with Crippen molar-refractivity contribution in [2.75, 3.05) is 20.2 Å². The lowest BCUT2D eigenvalue weighted by molar-refractivity contribution is -0.133. The molecule has 24 heavy (non-hydrogen) atoms. The van der Waals surface area contributed by atoms with E-state index in [4.69, 9.17) is 10.00 Å². The lowest BCUT2D eigenvalue weighted by Crippen LogP contribution is -2.31. The Morgan fingerprint density at radius 3 is 2.50 bits per heavy atom. The second-order valence-electron chi connectivity index (χ2n) is 6.26. The Bertz CT molecular complexity index is 598. The van der Waals surface area contributed by atoms with E-state index in [1.165, 1.54) is 42.6 Å². The summed E-state index contributed by atoms with van der Waals surface area (Å²) in [5.41, 5.74) is 1.74. The van der Waals surface area contributed by atoms with Gasteiger partial charge in [0, 0.05) is 13.6 Å². The minimum absolute atomic E-state index is 0.263. The minimum Gasteiger partial charge on any atom is -0.452 e. The summed E-state index contributed by atoms with van der Waals surface area (Å²) in [6, 6.07) is 9.51. The van der Waals surface area contributed by atoms with E-state index in [1.807, 2.05) is 18.2 Å². The molecule has 0 atom stereocenters. The van der Waals surface area contributed by atoms with E-state index >= 15 is 0 Å². The SMILES string of the molecule is CN(CCC#N)C(=O)COC(=O)c1ccc(C2CCCCC2)cc1. The van der Waals surface area contributed by atoms with Gasteiger partial charge in [-0.05, 0) is 36.5 Å². The van der Waals surface area contributed by atoms with Gasteiger partial charge in [-0.2, -0.15) is 5.26 Å². The zero-order valence-corrected chi connectivity index (χ0v) is 14.2. The molecule has 0 N–H and O–H groups in total. The molecule has 0 aromatic heterocycles. The standard InChI is InChI=1S/C19H24N2O3/c1-21(13-5-12-20)18(22)14-24-19(23)17-10-8-16(9-11-17)15-6-3-2-4-7-15/h8-11,15H,2-7,13-14H2,1H3. The number of nitriles is 1. The Balaban J connectivity index is 1.84. The minimum atomic E-state index is -0.493.